The third kappa shape index (κ3) is 4.73. The summed E-state index contributed by atoms with van der Waals surface area (Å²) in [6.45, 7) is 2.29. The van der Waals surface area contributed by atoms with Crippen LogP contribution in [-0.2, 0) is 6.42 Å². The zero-order valence-corrected chi connectivity index (χ0v) is 17.0. The van der Waals surface area contributed by atoms with Crippen LogP contribution in [0.3, 0.4) is 0 Å². The lowest BCUT2D eigenvalue weighted by molar-refractivity contribution is -0.173. The highest BCUT2D eigenvalue weighted by molar-refractivity contribution is 5.93. The Hall–Kier alpha value is -3.29. The number of halogens is 3. The average molecular weight is 428 g/mol. The van der Waals surface area contributed by atoms with Gasteiger partial charge in [0.2, 0.25) is 0 Å². The van der Waals surface area contributed by atoms with E-state index in [4.69, 9.17) is 0 Å². The van der Waals surface area contributed by atoms with Crippen molar-refractivity contribution in [3.05, 3.63) is 83.0 Å². The van der Waals surface area contributed by atoms with Crippen molar-refractivity contribution in [2.24, 2.45) is 0 Å². The summed E-state index contributed by atoms with van der Waals surface area (Å²) in [7, 11) is 0. The van der Waals surface area contributed by atoms with Gasteiger partial charge in [0, 0.05) is 19.0 Å². The molecule has 1 aromatic heterocycles. The third-order valence-electron chi connectivity index (χ3n) is 5.44. The van der Waals surface area contributed by atoms with Gasteiger partial charge in [-0.15, -0.1) is 0 Å². The molecule has 4 rings (SSSR count). The molecule has 2 heterocycles. The number of fused-ring (bicyclic) bond motifs is 1. The second kappa shape index (κ2) is 8.45. The molecule has 1 aliphatic heterocycles. The van der Waals surface area contributed by atoms with E-state index in [1.54, 1.807) is 0 Å². The Kier molecular flexibility index (Phi) is 5.71. The minimum atomic E-state index is -4.48. The summed E-state index contributed by atoms with van der Waals surface area (Å²) in [6.07, 6.45) is -4.05. The normalized spacial score (nSPS) is 18.2. The number of carbonyl (C=O) groups excluding carboxylic acids is 1. The highest BCUT2D eigenvalue weighted by Gasteiger charge is 2.46. The quantitative estimate of drug-likeness (QED) is 0.612. The molecule has 0 fully saturated rings. The predicted octanol–water partition coefficient (Wildman–Crippen LogP) is 4.82. The molecule has 0 saturated heterocycles. The molecule has 0 radical (unpaired) electrons. The molecule has 162 valence electrons. The number of nitrogens with zero attached hydrogens (tertiary/aromatic N) is 2. The van der Waals surface area contributed by atoms with Crippen molar-refractivity contribution >= 4 is 11.7 Å². The minimum Gasteiger partial charge on any atom is -0.363 e. The molecule has 2 atom stereocenters. The number of aryl methyl sites for hydroxylation is 1. The van der Waals surface area contributed by atoms with Crippen molar-refractivity contribution in [3.8, 4) is 0 Å². The first-order valence-corrected chi connectivity index (χ1v) is 10.1. The highest BCUT2D eigenvalue weighted by Crippen LogP contribution is 2.43. The average Bonchev–Trinajstić information content (AvgIpc) is 3.18. The highest BCUT2D eigenvalue weighted by atomic mass is 19.4. The van der Waals surface area contributed by atoms with Crippen LogP contribution in [0.2, 0.25) is 0 Å². The fraction of sp³-hybridized carbons (Fsp3) is 0.304. The molecular weight excluding hydrogens is 405 g/mol. The molecule has 31 heavy (non-hydrogen) atoms. The van der Waals surface area contributed by atoms with Crippen LogP contribution < -0.4 is 10.6 Å². The van der Waals surface area contributed by atoms with Crippen LogP contribution in [0.15, 0.2) is 60.7 Å². The first-order valence-electron chi connectivity index (χ1n) is 10.1. The van der Waals surface area contributed by atoms with Crippen LogP contribution in [0.25, 0.3) is 0 Å². The van der Waals surface area contributed by atoms with Gasteiger partial charge in [-0.3, -0.25) is 4.79 Å². The molecule has 0 aliphatic carbocycles. The lowest BCUT2D eigenvalue weighted by atomic mass is 9.96. The second-order valence-corrected chi connectivity index (χ2v) is 7.75. The van der Waals surface area contributed by atoms with Crippen molar-refractivity contribution in [2.45, 2.75) is 38.0 Å². The lowest BCUT2D eigenvalue weighted by Crippen LogP contribution is -2.35. The molecule has 1 aliphatic rings. The molecule has 8 heteroatoms. The van der Waals surface area contributed by atoms with Gasteiger partial charge in [-0.1, -0.05) is 60.2 Å². The van der Waals surface area contributed by atoms with E-state index in [1.165, 1.54) is 6.07 Å². The van der Waals surface area contributed by atoms with Gasteiger partial charge in [-0.05, 0) is 24.5 Å². The number of anilines is 1. The van der Waals surface area contributed by atoms with Gasteiger partial charge < -0.3 is 10.6 Å². The standard InChI is InChI=1S/C23H23F3N4O/c1-15-7-9-17(10-8-15)18-13-20(23(24,25)26)30-21(28-18)14-19(29-30)22(31)27-12-11-16-5-3-2-4-6-16/h2-10,14,18,20,28H,11-13H2,1H3,(H,27,31)/t18-,20-/m1/s1. The zero-order chi connectivity index (χ0) is 22.0. The summed E-state index contributed by atoms with van der Waals surface area (Å²) in [5.41, 5.74) is 2.83. The molecule has 0 unspecified atom stereocenters. The maximum absolute atomic E-state index is 13.8. The Morgan fingerprint density at radius 1 is 1.16 bits per heavy atom. The first kappa shape index (κ1) is 21.0. The molecule has 0 bridgehead atoms. The summed E-state index contributed by atoms with van der Waals surface area (Å²) >= 11 is 0. The zero-order valence-electron chi connectivity index (χ0n) is 17.0. The van der Waals surface area contributed by atoms with Crippen molar-refractivity contribution in [1.29, 1.82) is 0 Å². The van der Waals surface area contributed by atoms with Gasteiger partial charge in [0.1, 0.15) is 5.82 Å². The van der Waals surface area contributed by atoms with Crippen LogP contribution in [0.1, 0.15) is 45.7 Å². The van der Waals surface area contributed by atoms with E-state index in [1.807, 2.05) is 61.5 Å². The Labute approximate surface area is 178 Å². The smallest absolute Gasteiger partial charge is 0.363 e. The lowest BCUT2D eigenvalue weighted by Gasteiger charge is -2.33. The molecule has 2 N–H and O–H groups in total. The number of carbonyl (C=O) groups is 1. The summed E-state index contributed by atoms with van der Waals surface area (Å²) in [5.74, 6) is -0.306. The van der Waals surface area contributed by atoms with E-state index in [0.29, 0.717) is 13.0 Å². The van der Waals surface area contributed by atoms with Crippen LogP contribution >= 0.6 is 0 Å². The predicted molar refractivity (Wildman–Crippen MR) is 112 cm³/mol. The van der Waals surface area contributed by atoms with Crippen LogP contribution in [0.4, 0.5) is 19.0 Å². The van der Waals surface area contributed by atoms with E-state index in [0.717, 1.165) is 21.4 Å². The topological polar surface area (TPSA) is 59.0 Å². The Balaban J connectivity index is 1.52. The van der Waals surface area contributed by atoms with E-state index >= 15 is 0 Å². The van der Waals surface area contributed by atoms with Crippen LogP contribution in [0, 0.1) is 6.92 Å². The summed E-state index contributed by atoms with van der Waals surface area (Å²) in [5, 5.41) is 9.84. The minimum absolute atomic E-state index is 0.0330. The number of hydrogen-bond donors (Lipinski definition) is 2. The van der Waals surface area contributed by atoms with Gasteiger partial charge in [-0.2, -0.15) is 18.3 Å². The number of amides is 1. The SMILES string of the molecule is Cc1ccc([C@H]2C[C@H](C(F)(F)F)n3nc(C(=O)NCCc4ccccc4)cc3N2)cc1. The monoisotopic (exact) mass is 428 g/mol. The molecule has 2 aromatic carbocycles. The van der Waals surface area contributed by atoms with Crippen LogP contribution in [-0.4, -0.2) is 28.4 Å². The van der Waals surface area contributed by atoms with Crippen LogP contribution in [0.5, 0.6) is 0 Å². The molecule has 1 amide bonds. The number of nitrogens with one attached hydrogen (secondary N) is 2. The van der Waals surface area contributed by atoms with Crippen molar-refractivity contribution < 1.29 is 18.0 Å². The Bertz CT molecular complexity index is 1040. The van der Waals surface area contributed by atoms with Gasteiger partial charge in [-0.25, -0.2) is 4.68 Å². The number of alkyl halides is 3. The summed E-state index contributed by atoms with van der Waals surface area (Å²) in [6, 6.07) is 16.1. The number of aromatic nitrogens is 2. The summed E-state index contributed by atoms with van der Waals surface area (Å²) in [4.78, 5) is 12.5. The Morgan fingerprint density at radius 2 is 1.87 bits per heavy atom. The first-order chi connectivity index (χ1) is 14.8. The van der Waals surface area contributed by atoms with E-state index < -0.39 is 24.2 Å². The number of benzene rings is 2. The maximum atomic E-state index is 13.8. The fourth-order valence-electron chi connectivity index (χ4n) is 3.76. The molecule has 0 spiro atoms. The third-order valence-corrected chi connectivity index (χ3v) is 5.44. The van der Waals surface area contributed by atoms with E-state index in [-0.39, 0.29) is 17.9 Å². The van der Waals surface area contributed by atoms with Crippen molar-refractivity contribution in [2.75, 3.05) is 11.9 Å². The van der Waals surface area contributed by atoms with Crippen molar-refractivity contribution in [1.82, 2.24) is 15.1 Å². The molecular formula is C23H23F3N4O. The molecule has 3 aromatic rings. The molecule has 0 saturated carbocycles. The number of rotatable bonds is 5. The van der Waals surface area contributed by atoms with Gasteiger partial charge in [0.05, 0.1) is 6.04 Å². The maximum Gasteiger partial charge on any atom is 0.410 e. The second-order valence-electron chi connectivity index (χ2n) is 7.75. The Morgan fingerprint density at radius 3 is 2.55 bits per heavy atom. The fourth-order valence-corrected chi connectivity index (χ4v) is 3.76. The summed E-state index contributed by atoms with van der Waals surface area (Å²) < 4.78 is 42.2. The largest absolute Gasteiger partial charge is 0.410 e. The van der Waals surface area contributed by atoms with Gasteiger partial charge >= 0.3 is 6.18 Å². The molecule has 5 nitrogen and oxygen atoms in total. The van der Waals surface area contributed by atoms with Crippen molar-refractivity contribution in [3.63, 3.8) is 0 Å². The van der Waals surface area contributed by atoms with E-state index in [9.17, 15) is 18.0 Å². The van der Waals surface area contributed by atoms with Gasteiger partial charge in [0.15, 0.2) is 11.7 Å². The van der Waals surface area contributed by atoms with E-state index in [2.05, 4.69) is 15.7 Å². The number of hydrogen-bond acceptors (Lipinski definition) is 3. The van der Waals surface area contributed by atoms with Gasteiger partial charge in [0.25, 0.3) is 5.91 Å².